The number of oxazole rings is 1. The minimum Gasteiger partial charge on any atom is -0.441 e. The van der Waals surface area contributed by atoms with E-state index in [-0.39, 0.29) is 0 Å². The Morgan fingerprint density at radius 2 is 2.33 bits per heavy atom. The third-order valence-electron chi connectivity index (χ3n) is 1.53. The minimum absolute atomic E-state index is 0.602. The molecular formula is C9H10BNO. The summed E-state index contributed by atoms with van der Waals surface area (Å²) < 4.78 is 5.24. The Hall–Kier alpha value is -1.25. The van der Waals surface area contributed by atoms with Gasteiger partial charge in [-0.15, -0.1) is 0 Å². The quantitative estimate of drug-likeness (QED) is 0.618. The zero-order chi connectivity index (χ0) is 9.14. The monoisotopic (exact) mass is 159 g/mol. The molecule has 0 spiro atoms. The van der Waals surface area contributed by atoms with Crippen LogP contribution in [0.15, 0.2) is 17.1 Å². The van der Waals surface area contributed by atoms with Crippen molar-refractivity contribution in [3.8, 4) is 0 Å². The molecule has 2 radical (unpaired) electrons. The normalized spacial score (nSPS) is 11.7. The first-order valence-electron chi connectivity index (χ1n) is 3.71. The lowest BCUT2D eigenvalue weighted by molar-refractivity contribution is 0.513. The second-order valence-electron chi connectivity index (χ2n) is 2.39. The van der Waals surface area contributed by atoms with Crippen LogP contribution in [-0.4, -0.2) is 12.8 Å². The first-order chi connectivity index (χ1) is 5.69. The Balaban J connectivity index is 3.22. The second-order valence-corrected chi connectivity index (χ2v) is 2.39. The van der Waals surface area contributed by atoms with E-state index in [2.05, 4.69) is 11.6 Å². The molecule has 0 aliphatic heterocycles. The summed E-state index contributed by atoms with van der Waals surface area (Å²) in [5, 5.41) is 0. The van der Waals surface area contributed by atoms with Gasteiger partial charge in [-0.1, -0.05) is 18.1 Å². The average Bonchev–Trinajstić information content (AvgIpc) is 2.45. The van der Waals surface area contributed by atoms with Crippen LogP contribution in [-0.2, 0) is 0 Å². The maximum Gasteiger partial charge on any atom is 0.192 e. The lowest BCUT2D eigenvalue weighted by atomic mass is 9.91. The predicted molar refractivity (Wildman–Crippen MR) is 50.7 cm³/mol. The molecular weight excluding hydrogens is 149 g/mol. The SMILES string of the molecule is [B]/C(=C/C)c1nc(C)oc1C=C. The van der Waals surface area contributed by atoms with E-state index in [4.69, 9.17) is 12.3 Å². The number of aryl methyl sites for hydroxylation is 1. The number of hydrogen-bond donors (Lipinski definition) is 0. The van der Waals surface area contributed by atoms with Crippen LogP contribution in [0.3, 0.4) is 0 Å². The van der Waals surface area contributed by atoms with Crippen molar-refractivity contribution in [3.63, 3.8) is 0 Å². The van der Waals surface area contributed by atoms with Crippen molar-refractivity contribution in [1.82, 2.24) is 4.98 Å². The van der Waals surface area contributed by atoms with Gasteiger partial charge in [-0.2, -0.15) is 0 Å². The fourth-order valence-electron chi connectivity index (χ4n) is 0.925. The minimum atomic E-state index is 0.602. The van der Waals surface area contributed by atoms with E-state index in [1.165, 1.54) is 0 Å². The van der Waals surface area contributed by atoms with Crippen molar-refractivity contribution in [2.24, 2.45) is 0 Å². The highest BCUT2D eigenvalue weighted by Gasteiger charge is 2.07. The van der Waals surface area contributed by atoms with Gasteiger partial charge in [-0.05, 0) is 13.0 Å². The highest BCUT2D eigenvalue weighted by Crippen LogP contribution is 2.17. The molecule has 0 saturated carbocycles. The maximum absolute atomic E-state index is 5.67. The van der Waals surface area contributed by atoms with Gasteiger partial charge in [-0.3, -0.25) is 0 Å². The van der Waals surface area contributed by atoms with Gasteiger partial charge in [0.2, 0.25) is 0 Å². The van der Waals surface area contributed by atoms with Crippen molar-refractivity contribution < 1.29 is 4.42 Å². The first-order valence-corrected chi connectivity index (χ1v) is 3.71. The number of aromatic nitrogens is 1. The van der Waals surface area contributed by atoms with Gasteiger partial charge < -0.3 is 4.42 Å². The van der Waals surface area contributed by atoms with Crippen LogP contribution >= 0.6 is 0 Å². The first kappa shape index (κ1) is 8.85. The van der Waals surface area contributed by atoms with Crippen LogP contribution in [0.5, 0.6) is 0 Å². The molecule has 1 heterocycles. The lowest BCUT2D eigenvalue weighted by Crippen LogP contribution is -1.85. The predicted octanol–water partition coefficient (Wildman–Crippen LogP) is 2.16. The van der Waals surface area contributed by atoms with E-state index in [0.717, 1.165) is 0 Å². The maximum atomic E-state index is 5.67. The molecule has 1 aromatic rings. The van der Waals surface area contributed by atoms with Crippen molar-refractivity contribution in [2.45, 2.75) is 13.8 Å². The molecule has 0 N–H and O–H groups in total. The molecule has 0 aliphatic rings. The molecule has 3 heteroatoms. The van der Waals surface area contributed by atoms with Crippen molar-refractivity contribution in [1.29, 1.82) is 0 Å². The molecule has 2 nitrogen and oxygen atoms in total. The molecule has 0 bridgehead atoms. The summed E-state index contributed by atoms with van der Waals surface area (Å²) in [5.74, 6) is 1.23. The Bertz CT molecular complexity index is 325. The molecule has 1 rings (SSSR count). The highest BCUT2D eigenvalue weighted by atomic mass is 16.4. The summed E-state index contributed by atoms with van der Waals surface area (Å²) in [6.45, 7) is 7.24. The third-order valence-corrected chi connectivity index (χ3v) is 1.53. The van der Waals surface area contributed by atoms with Gasteiger partial charge in [-0.25, -0.2) is 4.98 Å². The Morgan fingerprint density at radius 3 is 2.83 bits per heavy atom. The summed E-state index contributed by atoms with van der Waals surface area (Å²) in [5.41, 5.74) is 1.28. The second kappa shape index (κ2) is 3.43. The Labute approximate surface area is 73.4 Å². The van der Waals surface area contributed by atoms with Crippen LogP contribution < -0.4 is 0 Å². The van der Waals surface area contributed by atoms with Crippen LogP contribution in [0, 0.1) is 6.92 Å². The molecule has 60 valence electrons. The molecule has 1 aromatic heterocycles. The topological polar surface area (TPSA) is 26.0 Å². The summed E-state index contributed by atoms with van der Waals surface area (Å²) in [4.78, 5) is 4.12. The van der Waals surface area contributed by atoms with Gasteiger partial charge >= 0.3 is 0 Å². The van der Waals surface area contributed by atoms with E-state index in [0.29, 0.717) is 22.8 Å². The molecule has 0 saturated heterocycles. The largest absolute Gasteiger partial charge is 0.441 e. The third kappa shape index (κ3) is 1.50. The molecule has 12 heavy (non-hydrogen) atoms. The molecule has 0 fully saturated rings. The van der Waals surface area contributed by atoms with Crippen LogP contribution in [0.1, 0.15) is 24.3 Å². The zero-order valence-electron chi connectivity index (χ0n) is 7.29. The summed E-state index contributed by atoms with van der Waals surface area (Å²) >= 11 is 0. The van der Waals surface area contributed by atoms with Gasteiger partial charge in [0.05, 0.1) is 0 Å². The van der Waals surface area contributed by atoms with Gasteiger partial charge in [0.25, 0.3) is 0 Å². The molecule has 0 aliphatic carbocycles. The van der Waals surface area contributed by atoms with Crippen LogP contribution in [0.2, 0.25) is 0 Å². The van der Waals surface area contributed by atoms with Crippen molar-refractivity contribution >= 4 is 19.4 Å². The zero-order valence-corrected chi connectivity index (χ0v) is 7.29. The standard InChI is InChI=1S/C9H10BNO/c1-4-7(10)9-8(5-2)12-6(3)11-9/h4-5H,2H2,1,3H3/b7-4+. The van der Waals surface area contributed by atoms with E-state index in [1.807, 2.05) is 6.92 Å². The summed E-state index contributed by atoms with van der Waals surface area (Å²) in [6, 6.07) is 0. The summed E-state index contributed by atoms with van der Waals surface area (Å²) in [6.07, 6.45) is 3.38. The van der Waals surface area contributed by atoms with Crippen molar-refractivity contribution in [2.75, 3.05) is 0 Å². The van der Waals surface area contributed by atoms with Gasteiger partial charge in [0.1, 0.15) is 13.5 Å². The van der Waals surface area contributed by atoms with E-state index in [9.17, 15) is 0 Å². The fraction of sp³-hybridized carbons (Fsp3) is 0.222. The average molecular weight is 159 g/mol. The van der Waals surface area contributed by atoms with Crippen LogP contribution in [0.25, 0.3) is 11.5 Å². The lowest BCUT2D eigenvalue weighted by Gasteiger charge is -1.93. The number of allylic oxidation sites excluding steroid dienone is 1. The van der Waals surface area contributed by atoms with Gasteiger partial charge in [0.15, 0.2) is 11.7 Å². The summed E-state index contributed by atoms with van der Waals surface area (Å²) in [7, 11) is 5.67. The highest BCUT2D eigenvalue weighted by molar-refractivity contribution is 6.42. The fourth-order valence-corrected chi connectivity index (χ4v) is 0.925. The molecule has 0 atom stereocenters. The van der Waals surface area contributed by atoms with Gasteiger partial charge in [0, 0.05) is 6.92 Å². The van der Waals surface area contributed by atoms with E-state index < -0.39 is 0 Å². The number of nitrogens with zero attached hydrogens (tertiary/aromatic N) is 1. The van der Waals surface area contributed by atoms with Crippen LogP contribution in [0.4, 0.5) is 0 Å². The van der Waals surface area contributed by atoms with E-state index in [1.54, 1.807) is 19.1 Å². The number of rotatable bonds is 2. The molecule has 0 amide bonds. The molecule has 0 unspecified atom stereocenters. The van der Waals surface area contributed by atoms with Crippen molar-refractivity contribution in [3.05, 3.63) is 30.0 Å². The Kier molecular flexibility index (Phi) is 2.53. The smallest absolute Gasteiger partial charge is 0.192 e. The number of hydrogen-bond acceptors (Lipinski definition) is 2. The molecule has 0 aromatic carbocycles. The Morgan fingerprint density at radius 1 is 1.67 bits per heavy atom. The van der Waals surface area contributed by atoms with E-state index >= 15 is 0 Å².